The number of hydrogen-bond donors (Lipinski definition) is 1. The number of hydrogen-bond acceptors (Lipinski definition) is 3. The van der Waals surface area contributed by atoms with E-state index >= 15 is 0 Å². The third-order valence-electron chi connectivity index (χ3n) is 3.27. The number of nitrogens with one attached hydrogen (secondary N) is 1. The molecule has 0 bridgehead atoms. The van der Waals surface area contributed by atoms with Gasteiger partial charge in [0.1, 0.15) is 6.04 Å². The molecule has 0 saturated carbocycles. The molecule has 5 nitrogen and oxygen atoms in total. The van der Waals surface area contributed by atoms with Crippen molar-refractivity contribution >= 4 is 17.5 Å². The first kappa shape index (κ1) is 14.3. The molecule has 108 valence electrons. The molecule has 2 rings (SSSR count). The summed E-state index contributed by atoms with van der Waals surface area (Å²) in [5.41, 5.74) is 0.363. The second kappa shape index (κ2) is 5.48. The van der Waals surface area contributed by atoms with Gasteiger partial charge in [-0.2, -0.15) is 0 Å². The monoisotopic (exact) mass is 280 g/mol. The predicted octanol–water partition coefficient (Wildman–Crippen LogP) is 1.32. The van der Waals surface area contributed by atoms with Gasteiger partial charge in [0.05, 0.1) is 13.7 Å². The van der Waals surface area contributed by atoms with E-state index < -0.39 is 11.9 Å². The lowest BCUT2D eigenvalue weighted by atomic mass is 9.98. The van der Waals surface area contributed by atoms with E-state index in [2.05, 4.69) is 5.32 Å². The maximum atomic E-state index is 13.8. The number of carbonyl (C=O) groups is 2. The molecule has 1 N–H and O–H groups in total. The lowest BCUT2D eigenvalue weighted by molar-refractivity contribution is -0.131. The number of carbonyl (C=O) groups excluding carboxylic acids is 2. The number of ether oxygens (including phenoxy) is 1. The third kappa shape index (κ3) is 2.45. The summed E-state index contributed by atoms with van der Waals surface area (Å²) in [6.45, 7) is 3.61. The Bertz CT molecular complexity index is 545. The molecule has 1 aromatic rings. The Labute approximate surface area is 116 Å². The predicted molar refractivity (Wildman–Crippen MR) is 72.1 cm³/mol. The number of halogens is 1. The van der Waals surface area contributed by atoms with Gasteiger partial charge >= 0.3 is 0 Å². The van der Waals surface area contributed by atoms with Gasteiger partial charge in [-0.05, 0) is 18.1 Å². The number of amides is 2. The van der Waals surface area contributed by atoms with Crippen LogP contribution >= 0.6 is 0 Å². The summed E-state index contributed by atoms with van der Waals surface area (Å²) in [7, 11) is 1.37. The summed E-state index contributed by atoms with van der Waals surface area (Å²) in [6.07, 6.45) is 0. The number of nitrogens with zero attached hydrogens (tertiary/aromatic N) is 1. The van der Waals surface area contributed by atoms with Crippen LogP contribution in [0.5, 0.6) is 5.75 Å². The highest BCUT2D eigenvalue weighted by Gasteiger charge is 2.37. The maximum absolute atomic E-state index is 13.8. The Morgan fingerprint density at radius 3 is 2.65 bits per heavy atom. The van der Waals surface area contributed by atoms with Crippen LogP contribution in [0.1, 0.15) is 13.8 Å². The molecule has 0 radical (unpaired) electrons. The lowest BCUT2D eigenvalue weighted by Crippen LogP contribution is -2.60. The van der Waals surface area contributed by atoms with Gasteiger partial charge in [-0.1, -0.05) is 13.8 Å². The van der Waals surface area contributed by atoms with E-state index in [9.17, 15) is 14.0 Å². The van der Waals surface area contributed by atoms with Gasteiger partial charge in [-0.3, -0.25) is 14.5 Å². The van der Waals surface area contributed by atoms with Crippen molar-refractivity contribution < 1.29 is 18.7 Å². The zero-order valence-electron chi connectivity index (χ0n) is 11.6. The average molecular weight is 280 g/mol. The minimum atomic E-state index is -0.635. The number of anilines is 1. The zero-order valence-corrected chi connectivity index (χ0v) is 11.6. The van der Waals surface area contributed by atoms with Crippen LogP contribution in [0.25, 0.3) is 0 Å². The van der Waals surface area contributed by atoms with Gasteiger partial charge in [0.15, 0.2) is 11.6 Å². The second-order valence-corrected chi connectivity index (χ2v) is 4.99. The fourth-order valence-electron chi connectivity index (χ4n) is 2.34. The largest absolute Gasteiger partial charge is 0.494 e. The second-order valence-electron chi connectivity index (χ2n) is 4.99. The summed E-state index contributed by atoms with van der Waals surface area (Å²) in [4.78, 5) is 25.4. The van der Waals surface area contributed by atoms with E-state index in [0.717, 1.165) is 0 Å². The Hall–Kier alpha value is -2.11. The van der Waals surface area contributed by atoms with Crippen LogP contribution in [-0.4, -0.2) is 31.5 Å². The van der Waals surface area contributed by atoms with Crippen LogP contribution in [0.4, 0.5) is 10.1 Å². The minimum absolute atomic E-state index is 0.0737. The van der Waals surface area contributed by atoms with E-state index in [1.165, 1.54) is 24.1 Å². The van der Waals surface area contributed by atoms with E-state index in [-0.39, 0.29) is 30.0 Å². The molecule has 1 aliphatic rings. The molecule has 1 unspecified atom stereocenters. The Morgan fingerprint density at radius 2 is 2.10 bits per heavy atom. The highest BCUT2D eigenvalue weighted by Crippen LogP contribution is 2.28. The van der Waals surface area contributed by atoms with E-state index in [4.69, 9.17) is 4.74 Å². The molecular weight excluding hydrogens is 263 g/mol. The quantitative estimate of drug-likeness (QED) is 0.908. The van der Waals surface area contributed by atoms with Crippen LogP contribution in [-0.2, 0) is 9.59 Å². The van der Waals surface area contributed by atoms with Gasteiger partial charge in [-0.15, -0.1) is 0 Å². The SMILES string of the molecule is COc1ccc(N2C(=O)CNC(=O)C2C(C)C)cc1F. The topological polar surface area (TPSA) is 58.6 Å². The summed E-state index contributed by atoms with van der Waals surface area (Å²) in [6, 6.07) is 3.60. The first-order chi connectivity index (χ1) is 9.45. The minimum Gasteiger partial charge on any atom is -0.494 e. The van der Waals surface area contributed by atoms with Crippen molar-refractivity contribution in [3.05, 3.63) is 24.0 Å². The fraction of sp³-hybridized carbons (Fsp3) is 0.429. The van der Waals surface area contributed by atoms with Gasteiger partial charge in [0.2, 0.25) is 11.8 Å². The first-order valence-corrected chi connectivity index (χ1v) is 6.39. The third-order valence-corrected chi connectivity index (χ3v) is 3.27. The molecule has 1 fully saturated rings. The molecule has 1 atom stereocenters. The van der Waals surface area contributed by atoms with Gasteiger partial charge in [-0.25, -0.2) is 4.39 Å². The summed E-state index contributed by atoms with van der Waals surface area (Å²) in [5, 5.41) is 2.55. The molecule has 0 spiro atoms. The van der Waals surface area contributed by atoms with Gasteiger partial charge < -0.3 is 10.1 Å². The van der Waals surface area contributed by atoms with Crippen LogP contribution in [0, 0.1) is 11.7 Å². The number of rotatable bonds is 3. The highest BCUT2D eigenvalue weighted by atomic mass is 19.1. The van der Waals surface area contributed by atoms with Crippen LogP contribution in [0.3, 0.4) is 0 Å². The van der Waals surface area contributed by atoms with Gasteiger partial charge in [0, 0.05) is 11.8 Å². The first-order valence-electron chi connectivity index (χ1n) is 6.39. The number of methoxy groups -OCH3 is 1. The molecule has 1 aliphatic heterocycles. The summed E-state index contributed by atoms with van der Waals surface area (Å²) < 4.78 is 18.6. The fourth-order valence-corrected chi connectivity index (χ4v) is 2.34. The molecule has 0 aliphatic carbocycles. The standard InChI is InChI=1S/C14H17FN2O3/c1-8(2)13-14(19)16-7-12(18)17(13)9-4-5-11(20-3)10(15)6-9/h4-6,8,13H,7H2,1-3H3,(H,16,19). The van der Waals surface area contributed by atoms with Crippen molar-refractivity contribution in [1.82, 2.24) is 5.32 Å². The highest BCUT2D eigenvalue weighted by molar-refractivity contribution is 6.06. The normalized spacial score (nSPS) is 19.2. The smallest absolute Gasteiger partial charge is 0.247 e. The number of piperazine rings is 1. The Kier molecular flexibility index (Phi) is 3.92. The lowest BCUT2D eigenvalue weighted by Gasteiger charge is -2.37. The average Bonchev–Trinajstić information content (AvgIpc) is 2.40. The van der Waals surface area contributed by atoms with Crippen molar-refractivity contribution in [3.63, 3.8) is 0 Å². The molecule has 6 heteroatoms. The molecular formula is C14H17FN2O3. The van der Waals surface area contributed by atoms with Crippen molar-refractivity contribution in [2.45, 2.75) is 19.9 Å². The molecule has 1 aromatic carbocycles. The molecule has 1 heterocycles. The molecule has 0 aromatic heterocycles. The summed E-state index contributed by atoms with van der Waals surface area (Å²) in [5.74, 6) is -1.02. The molecule has 20 heavy (non-hydrogen) atoms. The molecule has 1 saturated heterocycles. The van der Waals surface area contributed by atoms with Crippen molar-refractivity contribution in [1.29, 1.82) is 0 Å². The van der Waals surface area contributed by atoms with Crippen molar-refractivity contribution in [3.8, 4) is 5.75 Å². The number of benzene rings is 1. The Balaban J connectivity index is 2.43. The zero-order chi connectivity index (χ0) is 14.9. The summed E-state index contributed by atoms with van der Waals surface area (Å²) >= 11 is 0. The Morgan fingerprint density at radius 1 is 1.40 bits per heavy atom. The maximum Gasteiger partial charge on any atom is 0.247 e. The van der Waals surface area contributed by atoms with E-state index in [0.29, 0.717) is 5.69 Å². The van der Waals surface area contributed by atoms with Crippen LogP contribution in [0.2, 0.25) is 0 Å². The van der Waals surface area contributed by atoms with Crippen molar-refractivity contribution in [2.24, 2.45) is 5.92 Å². The molecule has 2 amide bonds. The van der Waals surface area contributed by atoms with E-state index in [1.807, 2.05) is 13.8 Å². The van der Waals surface area contributed by atoms with Crippen LogP contribution < -0.4 is 15.0 Å². The van der Waals surface area contributed by atoms with Crippen molar-refractivity contribution in [2.75, 3.05) is 18.6 Å². The van der Waals surface area contributed by atoms with Gasteiger partial charge in [0.25, 0.3) is 0 Å². The van der Waals surface area contributed by atoms with Crippen LogP contribution in [0.15, 0.2) is 18.2 Å². The van der Waals surface area contributed by atoms with E-state index in [1.54, 1.807) is 6.07 Å².